The quantitative estimate of drug-likeness (QED) is 0.848. The normalized spacial score (nSPS) is 13.1. The minimum absolute atomic E-state index is 0.198. The highest BCUT2D eigenvalue weighted by Gasteiger charge is 2.20. The largest absolute Gasteiger partial charge is 0.399 e. The Balaban J connectivity index is 2.28. The van der Waals surface area contributed by atoms with E-state index in [0.29, 0.717) is 16.3 Å². The van der Waals surface area contributed by atoms with Crippen molar-refractivity contribution in [2.45, 2.75) is 24.8 Å². The fourth-order valence-corrected chi connectivity index (χ4v) is 3.66. The minimum atomic E-state index is -3.63. The number of nitrogens with one attached hydrogen (secondary N) is 1. The predicted molar refractivity (Wildman–Crippen MR) is 85.8 cm³/mol. The number of nitrogen functional groups attached to an aromatic ring is 1. The maximum absolute atomic E-state index is 12.5. The number of aryl methyl sites for hydroxylation is 1. The van der Waals surface area contributed by atoms with E-state index in [-0.39, 0.29) is 10.9 Å². The highest BCUT2D eigenvalue weighted by Crippen LogP contribution is 2.22. The lowest BCUT2D eigenvalue weighted by Gasteiger charge is -2.16. The SMILES string of the molecule is Cc1ccc(N)cc1S(=O)(=O)NC(C)c1ccc(Cl)cc1. The number of halogens is 1. The third kappa shape index (κ3) is 3.75. The number of sulfonamides is 1. The van der Waals surface area contributed by atoms with E-state index in [1.54, 1.807) is 50.2 Å². The molecule has 1 atom stereocenters. The fraction of sp³-hybridized carbons (Fsp3) is 0.200. The summed E-state index contributed by atoms with van der Waals surface area (Å²) >= 11 is 5.83. The van der Waals surface area contributed by atoms with E-state index in [9.17, 15) is 8.42 Å². The zero-order valence-corrected chi connectivity index (χ0v) is 13.4. The minimum Gasteiger partial charge on any atom is -0.399 e. The number of anilines is 1. The Kier molecular flexibility index (Phi) is 4.56. The maximum Gasteiger partial charge on any atom is 0.241 e. The Hall–Kier alpha value is -1.56. The van der Waals surface area contributed by atoms with Gasteiger partial charge >= 0.3 is 0 Å². The van der Waals surface area contributed by atoms with Gasteiger partial charge in [0.15, 0.2) is 0 Å². The van der Waals surface area contributed by atoms with Crippen LogP contribution in [-0.4, -0.2) is 8.42 Å². The van der Waals surface area contributed by atoms with Gasteiger partial charge in [0, 0.05) is 16.8 Å². The first-order valence-electron chi connectivity index (χ1n) is 6.43. The summed E-state index contributed by atoms with van der Waals surface area (Å²) in [5.74, 6) is 0. The first-order chi connectivity index (χ1) is 9.79. The average Bonchev–Trinajstić information content (AvgIpc) is 2.41. The molecule has 0 spiro atoms. The van der Waals surface area contributed by atoms with Crippen LogP contribution in [0, 0.1) is 6.92 Å². The Morgan fingerprint density at radius 3 is 2.38 bits per heavy atom. The van der Waals surface area contributed by atoms with Crippen LogP contribution < -0.4 is 10.5 Å². The van der Waals surface area contributed by atoms with E-state index in [1.807, 2.05) is 0 Å². The van der Waals surface area contributed by atoms with Crippen LogP contribution >= 0.6 is 11.6 Å². The third-order valence-electron chi connectivity index (χ3n) is 3.20. The van der Waals surface area contributed by atoms with Crippen LogP contribution in [-0.2, 0) is 10.0 Å². The van der Waals surface area contributed by atoms with Crippen molar-refractivity contribution in [2.24, 2.45) is 0 Å². The summed E-state index contributed by atoms with van der Waals surface area (Å²) < 4.78 is 27.6. The molecule has 6 heteroatoms. The lowest BCUT2D eigenvalue weighted by atomic mass is 10.1. The summed E-state index contributed by atoms with van der Waals surface area (Å²) in [4.78, 5) is 0.198. The number of benzene rings is 2. The fourth-order valence-electron chi connectivity index (χ4n) is 2.02. The van der Waals surface area contributed by atoms with Crippen molar-refractivity contribution in [1.29, 1.82) is 0 Å². The number of nitrogens with two attached hydrogens (primary N) is 1. The molecular formula is C15H17ClN2O2S. The molecule has 2 aromatic carbocycles. The molecule has 0 bridgehead atoms. The van der Waals surface area contributed by atoms with Crippen LogP contribution in [0.15, 0.2) is 47.4 Å². The Bertz CT molecular complexity index is 743. The van der Waals surface area contributed by atoms with Crippen molar-refractivity contribution in [2.75, 3.05) is 5.73 Å². The third-order valence-corrected chi connectivity index (χ3v) is 5.14. The molecule has 1 unspecified atom stereocenters. The second-order valence-electron chi connectivity index (χ2n) is 4.92. The molecule has 0 aromatic heterocycles. The van der Waals surface area contributed by atoms with Crippen LogP contribution in [0.5, 0.6) is 0 Å². The predicted octanol–water partition coefficient (Wildman–Crippen LogP) is 3.27. The molecular weight excluding hydrogens is 308 g/mol. The van der Waals surface area contributed by atoms with Gasteiger partial charge < -0.3 is 5.73 Å². The van der Waals surface area contributed by atoms with E-state index in [4.69, 9.17) is 17.3 Å². The molecule has 2 rings (SSSR count). The van der Waals surface area contributed by atoms with Gasteiger partial charge in [-0.05, 0) is 49.2 Å². The van der Waals surface area contributed by atoms with E-state index in [2.05, 4.69) is 4.72 Å². The Labute approximate surface area is 130 Å². The van der Waals surface area contributed by atoms with E-state index in [0.717, 1.165) is 5.56 Å². The molecule has 0 radical (unpaired) electrons. The second-order valence-corrected chi connectivity index (χ2v) is 7.04. The van der Waals surface area contributed by atoms with Gasteiger partial charge in [-0.2, -0.15) is 0 Å². The van der Waals surface area contributed by atoms with Gasteiger partial charge in [0.2, 0.25) is 10.0 Å². The number of hydrogen-bond donors (Lipinski definition) is 2. The average molecular weight is 325 g/mol. The van der Waals surface area contributed by atoms with Crippen molar-refractivity contribution < 1.29 is 8.42 Å². The lowest BCUT2D eigenvalue weighted by Crippen LogP contribution is -2.27. The van der Waals surface area contributed by atoms with E-state index in [1.165, 1.54) is 6.07 Å². The van der Waals surface area contributed by atoms with E-state index >= 15 is 0 Å². The smallest absolute Gasteiger partial charge is 0.241 e. The zero-order chi connectivity index (χ0) is 15.6. The monoisotopic (exact) mass is 324 g/mol. The Morgan fingerprint density at radius 2 is 1.76 bits per heavy atom. The summed E-state index contributed by atoms with van der Waals surface area (Å²) in [6.45, 7) is 3.52. The lowest BCUT2D eigenvalue weighted by molar-refractivity contribution is 0.566. The van der Waals surface area contributed by atoms with Gasteiger partial charge in [-0.15, -0.1) is 0 Å². The molecule has 21 heavy (non-hydrogen) atoms. The zero-order valence-electron chi connectivity index (χ0n) is 11.8. The van der Waals surface area contributed by atoms with Gasteiger partial charge in [0.05, 0.1) is 4.90 Å². The van der Waals surface area contributed by atoms with Gasteiger partial charge in [-0.3, -0.25) is 0 Å². The molecule has 112 valence electrons. The molecule has 0 aliphatic rings. The van der Waals surface area contributed by atoms with Crippen LogP contribution in [0.25, 0.3) is 0 Å². The van der Waals surface area contributed by atoms with Gasteiger partial charge in [0.25, 0.3) is 0 Å². The summed E-state index contributed by atoms with van der Waals surface area (Å²) in [7, 11) is -3.63. The molecule has 0 aliphatic heterocycles. The van der Waals surface area contributed by atoms with Crippen LogP contribution in [0.3, 0.4) is 0 Å². The highest BCUT2D eigenvalue weighted by molar-refractivity contribution is 7.89. The molecule has 0 saturated heterocycles. The summed E-state index contributed by atoms with van der Waals surface area (Å²) in [6, 6.07) is 11.5. The topological polar surface area (TPSA) is 72.2 Å². The summed E-state index contributed by atoms with van der Waals surface area (Å²) in [5, 5.41) is 0.612. The number of hydrogen-bond acceptors (Lipinski definition) is 3. The van der Waals surface area contributed by atoms with Crippen LogP contribution in [0.1, 0.15) is 24.1 Å². The molecule has 0 heterocycles. The first kappa shape index (κ1) is 15.8. The molecule has 0 saturated carbocycles. The van der Waals surface area contributed by atoms with E-state index < -0.39 is 10.0 Å². The van der Waals surface area contributed by atoms with Crippen LogP contribution in [0.4, 0.5) is 5.69 Å². The van der Waals surface area contributed by atoms with Gasteiger partial charge in [-0.25, -0.2) is 13.1 Å². The molecule has 2 aromatic rings. The first-order valence-corrected chi connectivity index (χ1v) is 8.29. The summed E-state index contributed by atoms with van der Waals surface area (Å²) in [5.41, 5.74) is 7.58. The summed E-state index contributed by atoms with van der Waals surface area (Å²) in [6.07, 6.45) is 0. The molecule has 4 nitrogen and oxygen atoms in total. The van der Waals surface area contributed by atoms with Crippen molar-refractivity contribution in [3.05, 3.63) is 58.6 Å². The highest BCUT2D eigenvalue weighted by atomic mass is 35.5. The maximum atomic E-state index is 12.5. The second kappa shape index (κ2) is 6.05. The standard InChI is InChI=1S/C15H17ClN2O2S/c1-10-3-8-14(17)9-15(10)21(19,20)18-11(2)12-4-6-13(16)7-5-12/h3-9,11,18H,17H2,1-2H3. The van der Waals surface area contributed by atoms with Crippen molar-refractivity contribution >= 4 is 27.3 Å². The van der Waals surface area contributed by atoms with Crippen molar-refractivity contribution in [3.63, 3.8) is 0 Å². The molecule has 0 fully saturated rings. The van der Waals surface area contributed by atoms with Gasteiger partial charge in [0.1, 0.15) is 0 Å². The number of rotatable bonds is 4. The van der Waals surface area contributed by atoms with Crippen molar-refractivity contribution in [1.82, 2.24) is 4.72 Å². The molecule has 3 N–H and O–H groups in total. The Morgan fingerprint density at radius 1 is 1.14 bits per heavy atom. The molecule has 0 aliphatic carbocycles. The van der Waals surface area contributed by atoms with Crippen LogP contribution in [0.2, 0.25) is 5.02 Å². The van der Waals surface area contributed by atoms with Crippen molar-refractivity contribution in [3.8, 4) is 0 Å². The molecule has 0 amide bonds. The van der Waals surface area contributed by atoms with Gasteiger partial charge in [-0.1, -0.05) is 29.8 Å².